The maximum Gasteiger partial charge on any atom is 0.331 e. The van der Waals surface area contributed by atoms with E-state index in [4.69, 9.17) is 4.74 Å². The highest BCUT2D eigenvalue weighted by Gasteiger charge is 2.56. The first kappa shape index (κ1) is 17.6. The van der Waals surface area contributed by atoms with Crippen molar-refractivity contribution in [3.63, 3.8) is 0 Å². The highest BCUT2D eigenvalue weighted by atomic mass is 32.2. The van der Waals surface area contributed by atoms with Crippen molar-refractivity contribution in [2.75, 3.05) is 6.61 Å². The first-order chi connectivity index (χ1) is 11.3. The van der Waals surface area contributed by atoms with E-state index in [0.29, 0.717) is 4.31 Å². The molecule has 2 atom stereocenters. The molecule has 0 bridgehead atoms. The van der Waals surface area contributed by atoms with Gasteiger partial charge in [0, 0.05) is 12.1 Å². The number of benzene rings is 1. The summed E-state index contributed by atoms with van der Waals surface area (Å²) in [5.74, 6) is -2.65. The number of nitro groups is 1. The molecule has 9 nitrogen and oxygen atoms in total. The van der Waals surface area contributed by atoms with Gasteiger partial charge in [0.25, 0.3) is 15.7 Å². The number of carbonyl (C=O) groups is 2. The zero-order chi connectivity index (χ0) is 18.1. The van der Waals surface area contributed by atoms with Gasteiger partial charge in [0.15, 0.2) is 6.04 Å². The molecule has 0 N–H and O–H groups in total. The molecule has 128 valence electrons. The van der Waals surface area contributed by atoms with Crippen molar-refractivity contribution in [3.05, 3.63) is 47.0 Å². The Hall–Kier alpha value is -2.75. The number of esters is 1. The smallest absolute Gasteiger partial charge is 0.331 e. The maximum absolute atomic E-state index is 12.6. The number of sulfonamides is 1. The SMILES string of the molecule is C=C[C@H]1C(=O)N(S(=O)(=O)c2ccc([N+](=O)[O-])cc2)[C@H]1C(=O)OCC. The lowest BCUT2D eigenvalue weighted by Crippen LogP contribution is -2.65. The summed E-state index contributed by atoms with van der Waals surface area (Å²) in [7, 11) is -4.34. The Morgan fingerprint density at radius 1 is 1.42 bits per heavy atom. The number of nitro benzene ring substituents is 1. The third-order valence-electron chi connectivity index (χ3n) is 3.48. The zero-order valence-corrected chi connectivity index (χ0v) is 13.4. The fourth-order valence-electron chi connectivity index (χ4n) is 2.30. The summed E-state index contributed by atoms with van der Waals surface area (Å²) in [6.45, 7) is 5.00. The number of carbonyl (C=O) groups excluding carboxylic acids is 2. The van der Waals surface area contributed by atoms with Crippen LogP contribution in [-0.4, -0.2) is 42.2 Å². The summed E-state index contributed by atoms with van der Waals surface area (Å²) in [5.41, 5.74) is -0.296. The normalized spacial score (nSPS) is 20.2. The molecular weight excluding hydrogens is 340 g/mol. The topological polar surface area (TPSA) is 124 Å². The van der Waals surface area contributed by atoms with E-state index >= 15 is 0 Å². The second-order valence-corrected chi connectivity index (χ2v) is 6.66. The predicted octanol–water partition coefficient (Wildman–Crippen LogP) is 0.860. The Bertz CT molecular complexity index is 801. The van der Waals surface area contributed by atoms with Gasteiger partial charge in [-0.25, -0.2) is 17.5 Å². The van der Waals surface area contributed by atoms with Crippen molar-refractivity contribution in [1.82, 2.24) is 4.31 Å². The van der Waals surface area contributed by atoms with Gasteiger partial charge in [0.1, 0.15) is 0 Å². The largest absolute Gasteiger partial charge is 0.464 e. The van der Waals surface area contributed by atoms with E-state index in [1.165, 1.54) is 6.08 Å². The number of rotatable bonds is 6. The van der Waals surface area contributed by atoms with Crippen LogP contribution >= 0.6 is 0 Å². The third kappa shape index (κ3) is 2.75. The Labute approximate surface area is 137 Å². The molecule has 0 aliphatic carbocycles. The predicted molar refractivity (Wildman–Crippen MR) is 81.2 cm³/mol. The third-order valence-corrected chi connectivity index (χ3v) is 5.27. The standard InChI is InChI=1S/C14H14N2O7S/c1-3-11-12(14(18)23-4-2)15(13(11)17)24(21,22)10-7-5-9(6-8-10)16(19)20/h3,5-8,11-12H,1,4H2,2H3/t11-,12-/m1/s1. The van der Waals surface area contributed by atoms with Crippen LogP contribution in [0.25, 0.3) is 0 Å². The molecule has 1 heterocycles. The van der Waals surface area contributed by atoms with Gasteiger partial charge < -0.3 is 4.74 Å². The lowest BCUT2D eigenvalue weighted by molar-refractivity contribution is -0.384. The van der Waals surface area contributed by atoms with Crippen LogP contribution < -0.4 is 0 Å². The molecule has 1 aromatic carbocycles. The molecule has 1 aliphatic heterocycles. The zero-order valence-electron chi connectivity index (χ0n) is 12.6. The first-order valence-corrected chi connectivity index (χ1v) is 8.31. The summed E-state index contributed by atoms with van der Waals surface area (Å²) >= 11 is 0. The van der Waals surface area contributed by atoms with E-state index < -0.39 is 38.8 Å². The fourth-order valence-corrected chi connectivity index (χ4v) is 3.89. The monoisotopic (exact) mass is 354 g/mol. The molecule has 1 fully saturated rings. The maximum atomic E-state index is 12.6. The minimum absolute atomic E-state index is 0.0266. The van der Waals surface area contributed by atoms with E-state index in [-0.39, 0.29) is 17.2 Å². The highest BCUT2D eigenvalue weighted by Crippen LogP contribution is 2.35. The molecule has 2 rings (SSSR count). The van der Waals surface area contributed by atoms with Crippen LogP contribution in [-0.2, 0) is 24.3 Å². The van der Waals surface area contributed by atoms with E-state index in [0.717, 1.165) is 24.3 Å². The van der Waals surface area contributed by atoms with Crippen LogP contribution in [0, 0.1) is 16.0 Å². The van der Waals surface area contributed by atoms with Crippen molar-refractivity contribution in [2.45, 2.75) is 17.9 Å². The Kier molecular flexibility index (Phi) is 4.69. The number of hydrogen-bond donors (Lipinski definition) is 0. The van der Waals surface area contributed by atoms with E-state index in [1.807, 2.05) is 0 Å². The van der Waals surface area contributed by atoms with Gasteiger partial charge in [-0.05, 0) is 19.1 Å². The second kappa shape index (κ2) is 6.40. The minimum Gasteiger partial charge on any atom is -0.464 e. The first-order valence-electron chi connectivity index (χ1n) is 6.87. The van der Waals surface area contributed by atoms with Crippen LogP contribution in [0.15, 0.2) is 41.8 Å². The second-order valence-electron chi connectivity index (χ2n) is 4.85. The molecule has 1 aromatic rings. The van der Waals surface area contributed by atoms with Gasteiger partial charge in [-0.15, -0.1) is 6.58 Å². The highest BCUT2D eigenvalue weighted by molar-refractivity contribution is 7.89. The average Bonchev–Trinajstić information content (AvgIpc) is 2.52. The number of nitrogens with zero attached hydrogens (tertiary/aromatic N) is 2. The van der Waals surface area contributed by atoms with Gasteiger partial charge in [-0.2, -0.15) is 0 Å². The fraction of sp³-hybridized carbons (Fsp3) is 0.286. The number of non-ortho nitro benzene ring substituents is 1. The summed E-state index contributed by atoms with van der Waals surface area (Å²) < 4.78 is 30.4. The van der Waals surface area contributed by atoms with Crippen LogP contribution in [0.3, 0.4) is 0 Å². The van der Waals surface area contributed by atoms with Gasteiger partial charge in [0.05, 0.1) is 22.3 Å². The van der Waals surface area contributed by atoms with E-state index in [9.17, 15) is 28.1 Å². The number of β-lactam (4-membered cyclic amide) rings is 1. The summed E-state index contributed by atoms with van der Waals surface area (Å²) in [5, 5.41) is 10.6. The summed E-state index contributed by atoms with van der Waals surface area (Å²) in [4.78, 5) is 33.6. The van der Waals surface area contributed by atoms with Gasteiger partial charge >= 0.3 is 5.97 Å². The van der Waals surface area contributed by atoms with Crippen LogP contribution in [0.1, 0.15) is 6.92 Å². The van der Waals surface area contributed by atoms with E-state index in [1.54, 1.807) is 6.92 Å². The molecule has 1 amide bonds. The van der Waals surface area contributed by atoms with Gasteiger partial charge in [-0.3, -0.25) is 14.9 Å². The van der Waals surface area contributed by atoms with Crippen LogP contribution in [0.2, 0.25) is 0 Å². The van der Waals surface area contributed by atoms with Gasteiger partial charge in [-0.1, -0.05) is 6.08 Å². The molecule has 1 aliphatic rings. The minimum atomic E-state index is -4.34. The average molecular weight is 354 g/mol. The van der Waals surface area contributed by atoms with E-state index in [2.05, 4.69) is 6.58 Å². The molecule has 0 spiro atoms. The van der Waals surface area contributed by atoms with Crippen molar-refractivity contribution in [2.24, 2.45) is 5.92 Å². The number of hydrogen-bond acceptors (Lipinski definition) is 7. The Morgan fingerprint density at radius 2 is 2.00 bits per heavy atom. The summed E-state index contributed by atoms with van der Waals surface area (Å²) in [6.07, 6.45) is 1.19. The quantitative estimate of drug-likeness (QED) is 0.244. The summed E-state index contributed by atoms with van der Waals surface area (Å²) in [6, 6.07) is 2.69. The molecular formula is C14H14N2O7S. The van der Waals surface area contributed by atoms with Crippen molar-refractivity contribution < 1.29 is 27.7 Å². The number of ether oxygens (including phenoxy) is 1. The van der Waals surface area contributed by atoms with Crippen molar-refractivity contribution in [1.29, 1.82) is 0 Å². The Morgan fingerprint density at radius 3 is 2.46 bits per heavy atom. The molecule has 0 aromatic heterocycles. The lowest BCUT2D eigenvalue weighted by Gasteiger charge is -2.42. The van der Waals surface area contributed by atoms with Gasteiger partial charge in [0.2, 0.25) is 5.91 Å². The van der Waals surface area contributed by atoms with Crippen molar-refractivity contribution >= 4 is 27.6 Å². The van der Waals surface area contributed by atoms with Crippen molar-refractivity contribution in [3.8, 4) is 0 Å². The van der Waals surface area contributed by atoms with Crippen LogP contribution in [0.4, 0.5) is 5.69 Å². The lowest BCUT2D eigenvalue weighted by atomic mass is 9.91. The molecule has 0 unspecified atom stereocenters. The number of amides is 1. The molecule has 0 radical (unpaired) electrons. The molecule has 1 saturated heterocycles. The Balaban J connectivity index is 2.39. The molecule has 10 heteroatoms. The molecule has 24 heavy (non-hydrogen) atoms. The van der Waals surface area contributed by atoms with Crippen LogP contribution in [0.5, 0.6) is 0 Å². The molecule has 0 saturated carbocycles.